The third kappa shape index (κ3) is 3.13. The maximum Gasteiger partial charge on any atom is 0.255 e. The number of Topliss-reactive ketones (excluding diaryl/α,β-unsaturated/α-hetero) is 2. The Labute approximate surface area is 147 Å². The number of hydrogen-bond donors (Lipinski definition) is 1. The Morgan fingerprint density at radius 3 is 2.56 bits per heavy atom. The van der Waals surface area contributed by atoms with Crippen molar-refractivity contribution >= 4 is 17.5 Å². The van der Waals surface area contributed by atoms with Crippen molar-refractivity contribution in [2.45, 2.75) is 57.0 Å². The van der Waals surface area contributed by atoms with Gasteiger partial charge in [0, 0.05) is 31.4 Å². The number of nitrogens with zero attached hydrogens (tertiary/aromatic N) is 1. The summed E-state index contributed by atoms with van der Waals surface area (Å²) in [5.41, 5.74) is 3.06. The summed E-state index contributed by atoms with van der Waals surface area (Å²) >= 11 is 0. The van der Waals surface area contributed by atoms with Crippen molar-refractivity contribution < 1.29 is 14.4 Å². The average molecular weight is 340 g/mol. The molecule has 1 aromatic carbocycles. The molecule has 2 fully saturated rings. The largest absolute Gasteiger partial charge is 0.324 e. The molecular weight excluding hydrogens is 316 g/mol. The van der Waals surface area contributed by atoms with Crippen LogP contribution >= 0.6 is 0 Å². The minimum absolute atomic E-state index is 0.0329. The number of carbonyl (C=O) groups excluding carboxylic acids is 3. The normalized spacial score (nSPS) is 25.2. The first-order valence-corrected chi connectivity index (χ1v) is 9.32. The van der Waals surface area contributed by atoms with Crippen molar-refractivity contribution in [1.29, 1.82) is 0 Å². The maximum atomic E-state index is 12.8. The van der Waals surface area contributed by atoms with Gasteiger partial charge in [-0.3, -0.25) is 14.4 Å². The van der Waals surface area contributed by atoms with Crippen LogP contribution in [0.4, 0.5) is 0 Å². The Morgan fingerprint density at radius 1 is 0.960 bits per heavy atom. The van der Waals surface area contributed by atoms with Gasteiger partial charge in [0.1, 0.15) is 5.78 Å². The molecule has 0 spiro atoms. The second-order valence-corrected chi connectivity index (χ2v) is 7.43. The van der Waals surface area contributed by atoms with Gasteiger partial charge in [-0.25, -0.2) is 0 Å². The quantitative estimate of drug-likeness (QED) is 0.838. The lowest BCUT2D eigenvalue weighted by Gasteiger charge is -2.25. The van der Waals surface area contributed by atoms with E-state index in [1.807, 2.05) is 6.07 Å². The summed E-state index contributed by atoms with van der Waals surface area (Å²) < 4.78 is 0. The van der Waals surface area contributed by atoms with Gasteiger partial charge in [-0.05, 0) is 55.5 Å². The Hall–Kier alpha value is -2.01. The summed E-state index contributed by atoms with van der Waals surface area (Å²) in [6, 6.07) is 5.74. The maximum absolute atomic E-state index is 12.8. The minimum atomic E-state index is -0.436. The molecule has 0 radical (unpaired) electrons. The molecule has 0 bridgehead atoms. The summed E-state index contributed by atoms with van der Waals surface area (Å²) in [6.07, 6.45) is 3.71. The van der Waals surface area contributed by atoms with Gasteiger partial charge in [-0.2, -0.15) is 0 Å². The van der Waals surface area contributed by atoms with Gasteiger partial charge < -0.3 is 10.2 Å². The Morgan fingerprint density at radius 2 is 1.76 bits per heavy atom. The number of ketones is 2. The number of nitrogens with one attached hydrogen (secondary N) is 1. The first-order chi connectivity index (χ1) is 12.1. The van der Waals surface area contributed by atoms with Gasteiger partial charge in [-0.15, -0.1) is 0 Å². The summed E-state index contributed by atoms with van der Waals surface area (Å²) in [4.78, 5) is 38.5. The smallest absolute Gasteiger partial charge is 0.255 e. The van der Waals surface area contributed by atoms with Crippen molar-refractivity contribution in [2.75, 3.05) is 13.1 Å². The van der Waals surface area contributed by atoms with E-state index < -0.39 is 6.04 Å². The lowest BCUT2D eigenvalue weighted by molar-refractivity contribution is -0.124. The predicted molar refractivity (Wildman–Crippen MR) is 93.4 cm³/mol. The lowest BCUT2D eigenvalue weighted by atomic mass is 9.88. The number of piperidine rings is 1. The standard InChI is InChI=1S/C20H24N2O3/c23-16-2-5-18(19(24)6-3-16)22-12-15-11-14(1-4-17(15)20(22)25)13-7-9-21-10-8-13/h1,4,11,13,18,21H,2-3,5-10,12H2. The molecule has 1 atom stereocenters. The number of benzene rings is 1. The van der Waals surface area contributed by atoms with E-state index >= 15 is 0 Å². The van der Waals surface area contributed by atoms with Crippen LogP contribution in [0, 0.1) is 0 Å². The molecule has 1 unspecified atom stereocenters. The van der Waals surface area contributed by atoms with Crippen LogP contribution in [-0.4, -0.2) is 41.5 Å². The van der Waals surface area contributed by atoms with Gasteiger partial charge in [0.25, 0.3) is 5.91 Å². The van der Waals surface area contributed by atoms with Gasteiger partial charge in [0.2, 0.25) is 0 Å². The van der Waals surface area contributed by atoms with Crippen molar-refractivity contribution in [3.63, 3.8) is 0 Å². The molecule has 2 aliphatic heterocycles. The second kappa shape index (κ2) is 6.71. The van der Waals surface area contributed by atoms with Crippen LogP contribution in [0.25, 0.3) is 0 Å². The topological polar surface area (TPSA) is 66.5 Å². The first kappa shape index (κ1) is 16.5. The van der Waals surface area contributed by atoms with Gasteiger partial charge in [-0.1, -0.05) is 12.1 Å². The zero-order valence-electron chi connectivity index (χ0n) is 14.4. The molecule has 2 heterocycles. The number of amides is 1. The molecule has 5 heteroatoms. The molecule has 5 nitrogen and oxygen atoms in total. The number of hydrogen-bond acceptors (Lipinski definition) is 4. The molecule has 1 aromatic rings. The molecule has 4 rings (SSSR count). The number of carbonyl (C=O) groups is 3. The average Bonchev–Trinajstić information content (AvgIpc) is 2.86. The van der Waals surface area contributed by atoms with E-state index in [4.69, 9.17) is 0 Å². The van der Waals surface area contributed by atoms with Gasteiger partial charge >= 0.3 is 0 Å². The minimum Gasteiger partial charge on any atom is -0.324 e. The molecular formula is C20H24N2O3. The van der Waals surface area contributed by atoms with E-state index in [0.29, 0.717) is 31.7 Å². The highest BCUT2D eigenvalue weighted by molar-refractivity contribution is 6.02. The molecule has 25 heavy (non-hydrogen) atoms. The van der Waals surface area contributed by atoms with Crippen molar-refractivity contribution in [3.05, 3.63) is 34.9 Å². The SMILES string of the molecule is O=C1CCC(=O)C(N2Cc3cc(C4CCNCC4)ccc3C2=O)CC1. The van der Waals surface area contributed by atoms with Crippen LogP contribution < -0.4 is 5.32 Å². The molecule has 1 aliphatic carbocycles. The van der Waals surface area contributed by atoms with Gasteiger partial charge in [0.15, 0.2) is 5.78 Å². The van der Waals surface area contributed by atoms with Crippen LogP contribution in [0.5, 0.6) is 0 Å². The zero-order chi connectivity index (χ0) is 17.4. The third-order valence-corrected chi connectivity index (χ3v) is 5.87. The zero-order valence-corrected chi connectivity index (χ0v) is 14.4. The van der Waals surface area contributed by atoms with E-state index in [0.717, 1.165) is 37.1 Å². The first-order valence-electron chi connectivity index (χ1n) is 9.32. The van der Waals surface area contributed by atoms with Crippen LogP contribution in [0.1, 0.15) is 65.9 Å². The van der Waals surface area contributed by atoms with Crippen molar-refractivity contribution in [2.24, 2.45) is 0 Å². The van der Waals surface area contributed by atoms with E-state index in [9.17, 15) is 14.4 Å². The van der Waals surface area contributed by atoms with E-state index in [2.05, 4.69) is 17.4 Å². The van der Waals surface area contributed by atoms with Crippen molar-refractivity contribution in [1.82, 2.24) is 10.2 Å². The second-order valence-electron chi connectivity index (χ2n) is 7.43. The molecule has 1 N–H and O–H groups in total. The number of rotatable bonds is 2. The monoisotopic (exact) mass is 340 g/mol. The van der Waals surface area contributed by atoms with E-state index in [1.165, 1.54) is 5.56 Å². The molecule has 1 amide bonds. The Kier molecular flexibility index (Phi) is 4.42. The summed E-state index contributed by atoms with van der Waals surface area (Å²) in [6.45, 7) is 2.58. The third-order valence-electron chi connectivity index (χ3n) is 5.87. The van der Waals surface area contributed by atoms with Crippen molar-refractivity contribution in [3.8, 4) is 0 Å². The summed E-state index contributed by atoms with van der Waals surface area (Å²) in [7, 11) is 0. The number of fused-ring (bicyclic) bond motifs is 1. The fourth-order valence-corrected chi connectivity index (χ4v) is 4.37. The summed E-state index contributed by atoms with van der Waals surface area (Å²) in [5, 5.41) is 3.38. The molecule has 3 aliphatic rings. The van der Waals surface area contributed by atoms with Gasteiger partial charge in [0.05, 0.1) is 6.04 Å². The highest BCUT2D eigenvalue weighted by Gasteiger charge is 2.37. The van der Waals surface area contributed by atoms with E-state index in [-0.39, 0.29) is 23.9 Å². The van der Waals surface area contributed by atoms with Crippen LogP contribution in [0.3, 0.4) is 0 Å². The molecule has 132 valence electrons. The molecule has 0 aromatic heterocycles. The Balaban J connectivity index is 1.56. The fraction of sp³-hybridized carbons (Fsp3) is 0.550. The molecule has 1 saturated carbocycles. The van der Waals surface area contributed by atoms with Crippen LogP contribution in [0.2, 0.25) is 0 Å². The fourth-order valence-electron chi connectivity index (χ4n) is 4.37. The summed E-state index contributed by atoms with van der Waals surface area (Å²) in [5.74, 6) is 0.659. The van der Waals surface area contributed by atoms with Crippen LogP contribution in [0.15, 0.2) is 18.2 Å². The highest BCUT2D eigenvalue weighted by Crippen LogP contribution is 2.33. The Bertz CT molecular complexity index is 722. The van der Waals surface area contributed by atoms with E-state index in [1.54, 1.807) is 4.90 Å². The van der Waals surface area contributed by atoms with Crippen LogP contribution in [-0.2, 0) is 16.1 Å². The molecule has 1 saturated heterocycles. The predicted octanol–water partition coefficient (Wildman–Crippen LogP) is 2.19. The lowest BCUT2D eigenvalue weighted by Crippen LogP contribution is -2.40. The highest BCUT2D eigenvalue weighted by atomic mass is 16.2.